The number of hydrogen-bond donors (Lipinski definition) is 1. The summed E-state index contributed by atoms with van der Waals surface area (Å²) in [6.07, 6.45) is 4.63. The number of nitrogens with zero attached hydrogens (tertiary/aromatic N) is 4. The fourth-order valence-electron chi connectivity index (χ4n) is 2.16. The Bertz CT molecular complexity index is 387. The summed E-state index contributed by atoms with van der Waals surface area (Å²) in [5.74, 6) is -0.217. The van der Waals surface area contributed by atoms with Gasteiger partial charge in [-0.1, -0.05) is 4.98 Å². The molecule has 1 aromatic heterocycles. The fourth-order valence-corrected chi connectivity index (χ4v) is 2.16. The summed E-state index contributed by atoms with van der Waals surface area (Å²) in [5.41, 5.74) is 0. The van der Waals surface area contributed by atoms with E-state index in [2.05, 4.69) is 9.88 Å². The van der Waals surface area contributed by atoms with E-state index in [4.69, 9.17) is 0 Å². The summed E-state index contributed by atoms with van der Waals surface area (Å²) in [4.78, 5) is 15.9. The first kappa shape index (κ1) is 12.0. The molecule has 2 rings (SSSR count). The molecule has 7 nitrogen and oxygen atoms in total. The van der Waals surface area contributed by atoms with Crippen LogP contribution in [0.5, 0.6) is 0 Å². The molecule has 94 valence electrons. The van der Waals surface area contributed by atoms with E-state index >= 15 is 0 Å². The van der Waals surface area contributed by atoms with Gasteiger partial charge in [0.25, 0.3) is 0 Å². The number of hydrogen-bond acceptors (Lipinski definition) is 5. The lowest BCUT2D eigenvalue weighted by Crippen LogP contribution is -2.32. The van der Waals surface area contributed by atoms with Gasteiger partial charge in [-0.3, -0.25) is 0 Å². The number of aromatic nitrogens is 2. The average molecular weight is 240 g/mol. The Balaban J connectivity index is 1.90. The van der Waals surface area contributed by atoms with Crippen LogP contribution in [0.25, 0.3) is 0 Å². The van der Waals surface area contributed by atoms with Gasteiger partial charge < -0.3 is 20.1 Å². The van der Waals surface area contributed by atoms with Crippen molar-refractivity contribution in [1.82, 2.24) is 14.5 Å². The van der Waals surface area contributed by atoms with Gasteiger partial charge in [0, 0.05) is 6.54 Å². The minimum absolute atomic E-state index is 0.215. The Morgan fingerprint density at radius 3 is 2.82 bits per heavy atom. The van der Waals surface area contributed by atoms with Crippen LogP contribution in [0.2, 0.25) is 0 Å². The van der Waals surface area contributed by atoms with Crippen LogP contribution in [0.1, 0.15) is 12.8 Å². The maximum atomic E-state index is 10.6. The summed E-state index contributed by atoms with van der Waals surface area (Å²) in [6.45, 7) is 2.79. The minimum Gasteiger partial charge on any atom is -0.390 e. The third-order valence-corrected chi connectivity index (χ3v) is 2.93. The molecule has 0 aromatic carbocycles. The quantitative estimate of drug-likeness (QED) is 0.589. The van der Waals surface area contributed by atoms with Crippen molar-refractivity contribution in [3.05, 3.63) is 22.5 Å². The Morgan fingerprint density at radius 1 is 1.47 bits per heavy atom. The third kappa shape index (κ3) is 3.01. The molecule has 1 aliphatic heterocycles. The van der Waals surface area contributed by atoms with Crippen LogP contribution in [-0.2, 0) is 6.54 Å². The first-order chi connectivity index (χ1) is 8.16. The average Bonchev–Trinajstić information content (AvgIpc) is 2.88. The van der Waals surface area contributed by atoms with E-state index < -0.39 is 11.0 Å². The molecule has 0 bridgehead atoms. The fraction of sp³-hybridized carbons (Fsp3) is 0.700. The van der Waals surface area contributed by atoms with Crippen molar-refractivity contribution in [3.63, 3.8) is 0 Å². The van der Waals surface area contributed by atoms with E-state index in [0.29, 0.717) is 6.54 Å². The van der Waals surface area contributed by atoms with Crippen molar-refractivity contribution in [2.75, 3.05) is 19.6 Å². The van der Waals surface area contributed by atoms with Crippen molar-refractivity contribution in [2.24, 2.45) is 0 Å². The van der Waals surface area contributed by atoms with Crippen LogP contribution >= 0.6 is 0 Å². The molecular formula is C10H16N4O3. The van der Waals surface area contributed by atoms with E-state index in [1.54, 1.807) is 0 Å². The molecule has 1 aliphatic rings. The van der Waals surface area contributed by atoms with Crippen LogP contribution in [0.4, 0.5) is 5.95 Å². The maximum absolute atomic E-state index is 10.6. The molecule has 1 fully saturated rings. The van der Waals surface area contributed by atoms with Gasteiger partial charge in [-0.2, -0.15) is 0 Å². The van der Waals surface area contributed by atoms with Crippen LogP contribution < -0.4 is 0 Å². The van der Waals surface area contributed by atoms with Gasteiger partial charge in [-0.05, 0) is 30.9 Å². The number of aliphatic hydroxyl groups excluding tert-OH is 1. The number of aliphatic hydroxyl groups is 1. The highest BCUT2D eigenvalue weighted by molar-refractivity contribution is 5.06. The standard InChI is InChI=1S/C10H16N4O3/c15-9(7-12-4-1-2-5-12)8-13-6-3-11-10(13)14(16)17/h3,6,9,15H,1-2,4-5,7-8H2. The molecule has 1 saturated heterocycles. The topological polar surface area (TPSA) is 84.4 Å². The molecule has 1 unspecified atom stereocenters. The Kier molecular flexibility index (Phi) is 3.70. The molecule has 17 heavy (non-hydrogen) atoms. The molecule has 0 aliphatic carbocycles. The summed E-state index contributed by atoms with van der Waals surface area (Å²) in [6, 6.07) is 0. The molecule has 1 N–H and O–H groups in total. The van der Waals surface area contributed by atoms with E-state index in [-0.39, 0.29) is 12.5 Å². The predicted molar refractivity (Wildman–Crippen MR) is 60.6 cm³/mol. The van der Waals surface area contributed by atoms with Crippen molar-refractivity contribution in [3.8, 4) is 0 Å². The van der Waals surface area contributed by atoms with Gasteiger partial charge in [-0.25, -0.2) is 4.57 Å². The zero-order chi connectivity index (χ0) is 12.3. The third-order valence-electron chi connectivity index (χ3n) is 2.93. The number of rotatable bonds is 5. The van der Waals surface area contributed by atoms with Crippen molar-refractivity contribution in [1.29, 1.82) is 0 Å². The first-order valence-electron chi connectivity index (χ1n) is 5.73. The van der Waals surface area contributed by atoms with Gasteiger partial charge in [0.1, 0.15) is 12.4 Å². The van der Waals surface area contributed by atoms with Crippen LogP contribution in [-0.4, -0.2) is 50.2 Å². The molecular weight excluding hydrogens is 224 g/mol. The normalized spacial score (nSPS) is 18.4. The smallest absolute Gasteiger partial charge is 0.390 e. The Labute approximate surface area is 98.8 Å². The minimum atomic E-state index is -0.596. The SMILES string of the molecule is O=[N+]([O-])c1nccn1CC(O)CN1CCCC1. The zero-order valence-electron chi connectivity index (χ0n) is 9.53. The van der Waals surface area contributed by atoms with Gasteiger partial charge >= 0.3 is 5.95 Å². The summed E-state index contributed by atoms with van der Waals surface area (Å²) >= 11 is 0. The molecule has 0 spiro atoms. The second-order valence-corrected chi connectivity index (χ2v) is 4.30. The Hall–Kier alpha value is -1.47. The monoisotopic (exact) mass is 240 g/mol. The predicted octanol–water partition coefficient (Wildman–Crippen LogP) is 0.248. The van der Waals surface area contributed by atoms with E-state index in [1.165, 1.54) is 17.0 Å². The maximum Gasteiger partial charge on any atom is 0.434 e. The second-order valence-electron chi connectivity index (χ2n) is 4.30. The summed E-state index contributed by atoms with van der Waals surface area (Å²) < 4.78 is 1.38. The van der Waals surface area contributed by atoms with Gasteiger partial charge in [0.2, 0.25) is 0 Å². The number of β-amino-alcohol motifs (C(OH)–C–C–N with tert-alkyl or cyclic N) is 1. The second kappa shape index (κ2) is 5.24. The lowest BCUT2D eigenvalue weighted by atomic mass is 10.3. The van der Waals surface area contributed by atoms with Gasteiger partial charge in [0.15, 0.2) is 0 Å². The van der Waals surface area contributed by atoms with Crippen LogP contribution in [0.3, 0.4) is 0 Å². The van der Waals surface area contributed by atoms with Crippen molar-refractivity contribution < 1.29 is 10.0 Å². The van der Waals surface area contributed by atoms with Crippen LogP contribution in [0, 0.1) is 10.1 Å². The lowest BCUT2D eigenvalue weighted by molar-refractivity contribution is -0.397. The summed E-state index contributed by atoms with van der Waals surface area (Å²) in [7, 11) is 0. The van der Waals surface area contributed by atoms with Crippen molar-refractivity contribution in [2.45, 2.75) is 25.5 Å². The molecule has 2 heterocycles. The highest BCUT2D eigenvalue weighted by Gasteiger charge is 2.20. The van der Waals surface area contributed by atoms with E-state index in [9.17, 15) is 15.2 Å². The highest BCUT2D eigenvalue weighted by Crippen LogP contribution is 2.11. The number of imidazole rings is 1. The highest BCUT2D eigenvalue weighted by atomic mass is 16.6. The first-order valence-corrected chi connectivity index (χ1v) is 5.73. The summed E-state index contributed by atoms with van der Waals surface area (Å²) in [5, 5.41) is 20.5. The molecule has 1 atom stereocenters. The molecule has 0 amide bonds. The largest absolute Gasteiger partial charge is 0.434 e. The Morgan fingerprint density at radius 2 is 2.18 bits per heavy atom. The van der Waals surface area contributed by atoms with E-state index in [0.717, 1.165) is 25.9 Å². The molecule has 0 saturated carbocycles. The van der Waals surface area contributed by atoms with Crippen molar-refractivity contribution >= 4 is 5.95 Å². The molecule has 7 heteroatoms. The van der Waals surface area contributed by atoms with Gasteiger partial charge in [-0.15, -0.1) is 0 Å². The number of likely N-dealkylation sites (tertiary alicyclic amines) is 1. The van der Waals surface area contributed by atoms with E-state index in [1.807, 2.05) is 0 Å². The van der Waals surface area contributed by atoms with Crippen LogP contribution in [0.15, 0.2) is 12.4 Å². The van der Waals surface area contributed by atoms with Gasteiger partial charge in [0.05, 0.1) is 12.6 Å². The lowest BCUT2D eigenvalue weighted by Gasteiger charge is -2.18. The molecule has 1 aromatic rings. The number of nitro groups is 1. The molecule has 0 radical (unpaired) electrons. The zero-order valence-corrected chi connectivity index (χ0v) is 9.53.